The number of benzene rings is 1. The molecule has 3 aromatic rings. The first-order chi connectivity index (χ1) is 12.8. The van der Waals surface area contributed by atoms with Gasteiger partial charge in [-0.15, -0.1) is 11.3 Å². The van der Waals surface area contributed by atoms with E-state index in [0.717, 1.165) is 16.7 Å². The lowest BCUT2D eigenvalue weighted by atomic mass is 10.1. The van der Waals surface area contributed by atoms with Crippen molar-refractivity contribution in [3.8, 4) is 11.3 Å². The quantitative estimate of drug-likeness (QED) is 0.624. The minimum absolute atomic E-state index is 0.139. The average Bonchev–Trinajstić information content (AvgIpc) is 3.28. The molecule has 10 heteroatoms. The van der Waals surface area contributed by atoms with E-state index in [0.29, 0.717) is 12.0 Å². The van der Waals surface area contributed by atoms with Crippen LogP contribution < -0.4 is 5.32 Å². The van der Waals surface area contributed by atoms with E-state index in [1.54, 1.807) is 13.0 Å². The molecule has 3 rings (SSSR count). The van der Waals surface area contributed by atoms with Crippen LogP contribution in [0.2, 0.25) is 0 Å². The van der Waals surface area contributed by atoms with Gasteiger partial charge in [0.05, 0.1) is 6.04 Å². The van der Waals surface area contributed by atoms with Gasteiger partial charge in [-0.2, -0.15) is 13.2 Å². The summed E-state index contributed by atoms with van der Waals surface area (Å²) in [5, 5.41) is 7.35. The van der Waals surface area contributed by atoms with Crippen LogP contribution in [0, 0.1) is 5.82 Å². The Hall–Kier alpha value is -2.75. The van der Waals surface area contributed by atoms with Crippen molar-refractivity contribution in [2.75, 3.05) is 0 Å². The maximum atomic E-state index is 13.3. The fourth-order valence-electron chi connectivity index (χ4n) is 2.31. The van der Waals surface area contributed by atoms with Crippen molar-refractivity contribution < 1.29 is 26.9 Å². The predicted molar refractivity (Wildman–Crippen MR) is 89.5 cm³/mol. The van der Waals surface area contributed by atoms with Gasteiger partial charge in [0, 0.05) is 17.0 Å². The highest BCUT2D eigenvalue weighted by molar-refractivity contribution is 7.09. The Labute approximate surface area is 155 Å². The Kier molecular flexibility index (Phi) is 5.26. The van der Waals surface area contributed by atoms with Gasteiger partial charge in [-0.05, 0) is 18.6 Å². The number of nitrogens with one attached hydrogen (secondary N) is 1. The van der Waals surface area contributed by atoms with Crippen molar-refractivity contribution >= 4 is 17.2 Å². The number of hydrogen-bond donors (Lipinski definition) is 1. The summed E-state index contributed by atoms with van der Waals surface area (Å²) in [5.41, 5.74) is -0.302. The van der Waals surface area contributed by atoms with Gasteiger partial charge >= 0.3 is 6.18 Å². The Balaban J connectivity index is 1.75. The summed E-state index contributed by atoms with van der Waals surface area (Å²) in [6.45, 7) is 1.71. The van der Waals surface area contributed by atoms with Gasteiger partial charge in [-0.3, -0.25) is 4.79 Å². The molecule has 1 atom stereocenters. The van der Waals surface area contributed by atoms with Gasteiger partial charge in [0.15, 0.2) is 5.69 Å². The molecule has 0 aliphatic rings. The van der Waals surface area contributed by atoms with E-state index < -0.39 is 29.6 Å². The lowest BCUT2D eigenvalue weighted by molar-refractivity contribution is -0.140. The minimum Gasteiger partial charge on any atom is -0.350 e. The number of carbonyl (C=O) groups is 1. The summed E-state index contributed by atoms with van der Waals surface area (Å²) in [6.07, 6.45) is -4.21. The smallest absolute Gasteiger partial charge is 0.350 e. The van der Waals surface area contributed by atoms with E-state index in [4.69, 9.17) is 4.52 Å². The molecule has 0 aliphatic heterocycles. The third-order valence-corrected chi connectivity index (χ3v) is 4.64. The van der Waals surface area contributed by atoms with E-state index >= 15 is 0 Å². The molecule has 2 aromatic heterocycles. The molecular formula is C17H13F4N3O2S. The lowest BCUT2D eigenvalue weighted by Gasteiger charge is -2.13. The number of rotatable bonds is 5. The Morgan fingerprint density at radius 3 is 2.74 bits per heavy atom. The molecule has 0 aliphatic carbocycles. The van der Waals surface area contributed by atoms with Crippen LogP contribution in [0.1, 0.15) is 40.6 Å². The largest absolute Gasteiger partial charge is 0.434 e. The van der Waals surface area contributed by atoms with Crippen molar-refractivity contribution in [2.24, 2.45) is 0 Å². The zero-order valence-corrected chi connectivity index (χ0v) is 14.7. The van der Waals surface area contributed by atoms with Gasteiger partial charge in [0.1, 0.15) is 16.5 Å². The second-order valence-corrected chi connectivity index (χ2v) is 6.48. The van der Waals surface area contributed by atoms with Crippen LogP contribution in [0.4, 0.5) is 17.6 Å². The molecule has 0 fully saturated rings. The topological polar surface area (TPSA) is 68.0 Å². The van der Waals surface area contributed by atoms with Crippen molar-refractivity contribution in [3.05, 3.63) is 58.0 Å². The number of aromatic nitrogens is 2. The molecule has 0 saturated carbocycles. The highest BCUT2D eigenvalue weighted by Gasteiger charge is 2.34. The normalized spacial score (nSPS) is 12.8. The van der Waals surface area contributed by atoms with Crippen molar-refractivity contribution in [3.63, 3.8) is 0 Å². The molecule has 1 amide bonds. The molecule has 0 spiro atoms. The van der Waals surface area contributed by atoms with E-state index in [1.807, 2.05) is 0 Å². The van der Waals surface area contributed by atoms with E-state index in [-0.39, 0.29) is 16.5 Å². The van der Waals surface area contributed by atoms with E-state index in [2.05, 4.69) is 15.5 Å². The number of hydrogen-bond acceptors (Lipinski definition) is 5. The summed E-state index contributed by atoms with van der Waals surface area (Å²) in [4.78, 5) is 15.9. The first-order valence-electron chi connectivity index (χ1n) is 7.84. The van der Waals surface area contributed by atoms with Crippen LogP contribution in [0.5, 0.6) is 0 Å². The first-order valence-corrected chi connectivity index (χ1v) is 8.72. The summed E-state index contributed by atoms with van der Waals surface area (Å²) in [7, 11) is 0. The molecular weight excluding hydrogens is 386 g/mol. The highest BCUT2D eigenvalue weighted by Crippen LogP contribution is 2.32. The number of thiazole rings is 1. The zero-order valence-electron chi connectivity index (χ0n) is 13.9. The molecule has 0 saturated heterocycles. The van der Waals surface area contributed by atoms with E-state index in [9.17, 15) is 22.4 Å². The van der Waals surface area contributed by atoms with Crippen LogP contribution in [-0.2, 0) is 6.18 Å². The van der Waals surface area contributed by atoms with Gasteiger partial charge in [-0.25, -0.2) is 9.37 Å². The summed E-state index contributed by atoms with van der Waals surface area (Å²) < 4.78 is 56.4. The van der Waals surface area contributed by atoms with Crippen LogP contribution >= 0.6 is 11.3 Å². The minimum atomic E-state index is -4.54. The molecule has 5 nitrogen and oxygen atoms in total. The predicted octanol–water partition coefficient (Wildman–Crippen LogP) is 4.84. The maximum absolute atomic E-state index is 13.3. The molecule has 1 aromatic carbocycles. The fraction of sp³-hybridized carbons (Fsp3) is 0.235. The number of carbonyl (C=O) groups excluding carboxylic acids is 1. The summed E-state index contributed by atoms with van der Waals surface area (Å²) >= 11 is 0.816. The van der Waals surface area contributed by atoms with Gasteiger partial charge in [0.25, 0.3) is 5.91 Å². The second kappa shape index (κ2) is 7.47. The molecule has 2 heterocycles. The van der Waals surface area contributed by atoms with Crippen LogP contribution in [0.15, 0.2) is 40.2 Å². The molecule has 1 unspecified atom stereocenters. The second-order valence-electron chi connectivity index (χ2n) is 5.59. The monoisotopic (exact) mass is 399 g/mol. The summed E-state index contributed by atoms with van der Waals surface area (Å²) in [5.74, 6) is -1.25. The number of amides is 1. The average molecular weight is 399 g/mol. The number of halogens is 4. The zero-order chi connectivity index (χ0) is 19.6. The Bertz CT molecular complexity index is 952. The number of alkyl halides is 3. The third-order valence-electron chi connectivity index (χ3n) is 3.68. The summed E-state index contributed by atoms with van der Waals surface area (Å²) in [6, 6.07) is 6.23. The highest BCUT2D eigenvalue weighted by atomic mass is 32.1. The van der Waals surface area contributed by atoms with Crippen LogP contribution in [-0.4, -0.2) is 16.0 Å². The van der Waals surface area contributed by atoms with Crippen LogP contribution in [0.3, 0.4) is 0 Å². The van der Waals surface area contributed by atoms with Crippen molar-refractivity contribution in [1.29, 1.82) is 0 Å². The molecule has 1 N–H and O–H groups in total. The number of nitrogens with zero attached hydrogens (tertiary/aromatic N) is 2. The van der Waals surface area contributed by atoms with Gasteiger partial charge in [0.2, 0.25) is 5.76 Å². The fourth-order valence-corrected chi connectivity index (χ4v) is 3.27. The Morgan fingerprint density at radius 2 is 2.11 bits per heavy atom. The molecule has 142 valence electrons. The standard InChI is InChI=1S/C17H13F4N3O2S/c1-2-11(16-23-14(8-27-16)17(19,20)21)22-15(25)13-7-12(24-26-13)9-4-3-5-10(18)6-9/h3-8,11H,2H2,1H3,(H,22,25). The van der Waals surface area contributed by atoms with Crippen molar-refractivity contribution in [2.45, 2.75) is 25.6 Å². The van der Waals surface area contributed by atoms with Crippen LogP contribution in [0.25, 0.3) is 11.3 Å². The Morgan fingerprint density at radius 1 is 1.33 bits per heavy atom. The lowest BCUT2D eigenvalue weighted by Crippen LogP contribution is -2.28. The van der Waals surface area contributed by atoms with E-state index in [1.165, 1.54) is 24.3 Å². The molecule has 0 radical (unpaired) electrons. The molecule has 0 bridgehead atoms. The molecule has 27 heavy (non-hydrogen) atoms. The maximum Gasteiger partial charge on any atom is 0.434 e. The van der Waals surface area contributed by atoms with Gasteiger partial charge < -0.3 is 9.84 Å². The van der Waals surface area contributed by atoms with Crippen molar-refractivity contribution in [1.82, 2.24) is 15.5 Å². The SMILES string of the molecule is CCC(NC(=O)c1cc(-c2cccc(F)c2)no1)c1nc(C(F)(F)F)cs1. The van der Waals surface area contributed by atoms with Gasteiger partial charge in [-0.1, -0.05) is 24.2 Å². The first kappa shape index (κ1) is 19.0. The third kappa shape index (κ3) is 4.33.